The van der Waals surface area contributed by atoms with E-state index in [1.807, 2.05) is 48.7 Å². The number of hydrogen-bond acceptors (Lipinski definition) is 7. The van der Waals surface area contributed by atoms with E-state index in [-0.39, 0.29) is 55.3 Å². The molecule has 0 aliphatic carbocycles. The Morgan fingerprint density at radius 3 is 2.12 bits per heavy atom. The third-order valence-electron chi connectivity index (χ3n) is 8.17. The molecule has 0 radical (unpaired) electrons. The lowest BCUT2D eigenvalue weighted by Crippen LogP contribution is -2.27. The number of aliphatic carboxylic acids is 1. The van der Waals surface area contributed by atoms with Crippen LogP contribution in [0.1, 0.15) is 88.5 Å². The highest BCUT2D eigenvalue weighted by atomic mass is 19.1. The Kier molecular flexibility index (Phi) is 12.6. The second kappa shape index (κ2) is 16.9. The van der Waals surface area contributed by atoms with E-state index < -0.39 is 48.3 Å². The number of nitrogens with zero attached hydrogens (tertiary/aromatic N) is 1. The van der Waals surface area contributed by atoms with Gasteiger partial charge in [0.15, 0.2) is 0 Å². The van der Waals surface area contributed by atoms with E-state index in [0.717, 1.165) is 0 Å². The van der Waals surface area contributed by atoms with Crippen molar-refractivity contribution < 1.29 is 48.7 Å². The fourth-order valence-corrected chi connectivity index (χ4v) is 6.04. The minimum absolute atomic E-state index is 0.0719. The molecule has 3 aromatic carbocycles. The molecule has 1 amide bonds. The molecule has 1 heterocycles. The first kappa shape index (κ1) is 37.5. The molecule has 264 valence electrons. The number of hydrogen-bond donors (Lipinski definition) is 5. The van der Waals surface area contributed by atoms with Crippen molar-refractivity contribution in [3.8, 4) is 22.3 Å². The monoisotopic (exact) mass is 688 g/mol. The fourth-order valence-electron chi connectivity index (χ4n) is 6.04. The molecular formula is C38H41FN2O9. The molecule has 11 nitrogen and oxygen atoms in total. The van der Waals surface area contributed by atoms with Gasteiger partial charge in [0.05, 0.1) is 36.4 Å². The summed E-state index contributed by atoms with van der Waals surface area (Å²) in [5.74, 6) is -4.22. The number of rotatable bonds is 16. The lowest BCUT2D eigenvalue weighted by atomic mass is 9.92. The molecule has 4 rings (SSSR count). The predicted molar refractivity (Wildman–Crippen MR) is 183 cm³/mol. The quantitative estimate of drug-likeness (QED) is 0.0902. The van der Waals surface area contributed by atoms with Gasteiger partial charge in [-0.05, 0) is 81.0 Å². The van der Waals surface area contributed by atoms with Gasteiger partial charge in [0.2, 0.25) is 0 Å². The highest BCUT2D eigenvalue weighted by Gasteiger charge is 2.30. The Balaban J connectivity index is 1.82. The lowest BCUT2D eigenvalue weighted by Gasteiger charge is -2.20. The topological polar surface area (TPSA) is 175 Å². The van der Waals surface area contributed by atoms with Crippen molar-refractivity contribution in [3.05, 3.63) is 107 Å². The number of aromatic nitrogens is 1. The average molecular weight is 689 g/mol. The second-order valence-electron chi connectivity index (χ2n) is 12.2. The molecule has 0 saturated carbocycles. The summed E-state index contributed by atoms with van der Waals surface area (Å²) < 4.78 is 21.0. The highest BCUT2D eigenvalue weighted by molar-refractivity contribution is 6.05. The predicted octanol–water partition coefficient (Wildman–Crippen LogP) is 5.87. The van der Waals surface area contributed by atoms with Crippen LogP contribution in [0.4, 0.5) is 4.39 Å². The minimum atomic E-state index is -1.33. The molecule has 0 saturated heterocycles. The molecule has 0 fully saturated rings. The van der Waals surface area contributed by atoms with Gasteiger partial charge in [0.1, 0.15) is 11.5 Å². The zero-order valence-corrected chi connectivity index (χ0v) is 28.1. The van der Waals surface area contributed by atoms with Gasteiger partial charge in [-0.2, -0.15) is 0 Å². The SMILES string of the molecule is CCOC(=O)c1ccc(CNC(=O)c2c(-c3ccccc3)c(-c3ccc(F)cc3)c(CCC(O)CC(O)CC(=O)O)n2C(C)C)cc1C(=O)O. The summed E-state index contributed by atoms with van der Waals surface area (Å²) >= 11 is 0. The standard InChI is InChI=1S/C38H41FN2O9/c1-4-50-38(49)29-16-10-23(18-30(29)37(47)48)21-40-36(46)35-34(24-8-6-5-7-9-24)33(25-11-13-26(39)14-12-25)31(41(35)22(2)3)17-15-27(42)19-28(43)20-32(44)45/h5-14,16,18,22,27-28,42-43H,4,15,17,19-21H2,1-3H3,(H,40,46)(H,44,45)(H,47,48). The second-order valence-corrected chi connectivity index (χ2v) is 12.2. The number of ether oxygens (including phenoxy) is 1. The van der Waals surface area contributed by atoms with Crippen molar-refractivity contribution in [2.45, 2.75) is 71.2 Å². The number of carboxylic acid groups (broad SMARTS) is 2. The van der Waals surface area contributed by atoms with Crippen molar-refractivity contribution in [3.63, 3.8) is 0 Å². The first-order chi connectivity index (χ1) is 23.8. The van der Waals surface area contributed by atoms with E-state index in [0.29, 0.717) is 33.5 Å². The summed E-state index contributed by atoms with van der Waals surface area (Å²) in [6, 6.07) is 18.9. The number of halogens is 1. The van der Waals surface area contributed by atoms with Crippen LogP contribution in [0.15, 0.2) is 72.8 Å². The number of aromatic carboxylic acids is 1. The molecule has 1 aromatic heterocycles. The Morgan fingerprint density at radius 1 is 0.860 bits per heavy atom. The summed E-state index contributed by atoms with van der Waals surface area (Å²) in [4.78, 5) is 49.7. The highest BCUT2D eigenvalue weighted by Crippen LogP contribution is 2.42. The van der Waals surface area contributed by atoms with Crippen LogP contribution in [-0.2, 0) is 22.5 Å². The number of aliphatic hydroxyl groups is 2. The summed E-state index contributed by atoms with van der Waals surface area (Å²) in [5.41, 5.74) is 3.51. The maximum Gasteiger partial charge on any atom is 0.338 e. The maximum absolute atomic E-state index is 14.3. The van der Waals surface area contributed by atoms with Crippen molar-refractivity contribution in [1.82, 2.24) is 9.88 Å². The molecule has 12 heteroatoms. The normalized spacial score (nSPS) is 12.4. The Hall–Kier alpha value is -5.33. The third kappa shape index (κ3) is 9.01. The van der Waals surface area contributed by atoms with Crippen LogP contribution >= 0.6 is 0 Å². The van der Waals surface area contributed by atoms with Gasteiger partial charge in [0.25, 0.3) is 5.91 Å². The van der Waals surface area contributed by atoms with E-state index in [1.165, 1.54) is 30.3 Å². The molecule has 2 atom stereocenters. The van der Waals surface area contributed by atoms with E-state index in [4.69, 9.17) is 9.84 Å². The van der Waals surface area contributed by atoms with Gasteiger partial charge in [-0.25, -0.2) is 14.0 Å². The van der Waals surface area contributed by atoms with Crippen molar-refractivity contribution in [2.75, 3.05) is 6.61 Å². The molecule has 4 aromatic rings. The Labute approximate surface area is 289 Å². The van der Waals surface area contributed by atoms with Gasteiger partial charge in [-0.1, -0.05) is 48.5 Å². The molecule has 0 aliphatic heterocycles. The summed E-state index contributed by atoms with van der Waals surface area (Å²) in [6.07, 6.45) is -2.63. The van der Waals surface area contributed by atoms with Crippen molar-refractivity contribution in [2.24, 2.45) is 0 Å². The van der Waals surface area contributed by atoms with Crippen molar-refractivity contribution in [1.29, 1.82) is 0 Å². The number of amides is 1. The zero-order valence-electron chi connectivity index (χ0n) is 28.1. The maximum atomic E-state index is 14.3. The van der Waals surface area contributed by atoms with Gasteiger partial charge in [-0.15, -0.1) is 0 Å². The Bertz CT molecular complexity index is 1840. The average Bonchev–Trinajstić information content (AvgIpc) is 3.42. The van der Waals surface area contributed by atoms with Crippen molar-refractivity contribution >= 4 is 23.8 Å². The number of benzene rings is 3. The van der Waals surface area contributed by atoms with Crippen LogP contribution in [0, 0.1) is 5.82 Å². The third-order valence-corrected chi connectivity index (χ3v) is 8.17. The number of nitrogens with one attached hydrogen (secondary N) is 1. The molecule has 0 aliphatic rings. The smallest absolute Gasteiger partial charge is 0.338 e. The number of carbonyl (C=O) groups excluding carboxylic acids is 2. The first-order valence-corrected chi connectivity index (χ1v) is 16.3. The van der Waals surface area contributed by atoms with E-state index in [1.54, 1.807) is 19.1 Å². The summed E-state index contributed by atoms with van der Waals surface area (Å²) in [7, 11) is 0. The number of carbonyl (C=O) groups is 4. The van der Waals surface area contributed by atoms with Crippen LogP contribution in [0.5, 0.6) is 0 Å². The van der Waals surface area contributed by atoms with Crippen LogP contribution in [-0.4, -0.2) is 67.6 Å². The number of esters is 1. The van der Waals surface area contributed by atoms with Crippen LogP contribution < -0.4 is 5.32 Å². The number of carboxylic acids is 2. The Morgan fingerprint density at radius 2 is 1.52 bits per heavy atom. The minimum Gasteiger partial charge on any atom is -0.481 e. The van der Waals surface area contributed by atoms with E-state index in [2.05, 4.69) is 5.32 Å². The lowest BCUT2D eigenvalue weighted by molar-refractivity contribution is -0.139. The summed E-state index contributed by atoms with van der Waals surface area (Å²) in [5, 5.41) is 42.7. The molecule has 5 N–H and O–H groups in total. The molecule has 0 bridgehead atoms. The number of aliphatic hydroxyl groups excluding tert-OH is 2. The van der Waals surface area contributed by atoms with Crippen LogP contribution in [0.3, 0.4) is 0 Å². The van der Waals surface area contributed by atoms with Crippen LogP contribution in [0.25, 0.3) is 22.3 Å². The molecular weight excluding hydrogens is 647 g/mol. The van der Waals surface area contributed by atoms with Gasteiger partial charge >= 0.3 is 17.9 Å². The largest absolute Gasteiger partial charge is 0.481 e. The fraction of sp³-hybridized carbons (Fsp3) is 0.316. The van der Waals surface area contributed by atoms with E-state index in [9.17, 15) is 38.9 Å². The van der Waals surface area contributed by atoms with Gasteiger partial charge < -0.3 is 35.0 Å². The molecule has 50 heavy (non-hydrogen) atoms. The molecule has 0 spiro atoms. The van der Waals surface area contributed by atoms with Gasteiger partial charge in [0, 0.05) is 29.4 Å². The van der Waals surface area contributed by atoms with E-state index >= 15 is 0 Å². The summed E-state index contributed by atoms with van der Waals surface area (Å²) in [6.45, 7) is 5.39. The molecule has 2 unspecified atom stereocenters. The van der Waals surface area contributed by atoms with Crippen LogP contribution in [0.2, 0.25) is 0 Å². The van der Waals surface area contributed by atoms with Gasteiger partial charge in [-0.3, -0.25) is 9.59 Å². The first-order valence-electron chi connectivity index (χ1n) is 16.3. The zero-order chi connectivity index (χ0) is 36.5.